The fourth-order valence-corrected chi connectivity index (χ4v) is 9.33. The number of halogens is 1. The predicted molar refractivity (Wildman–Crippen MR) is 212 cm³/mol. The lowest BCUT2D eigenvalue weighted by Crippen LogP contribution is -2.62. The molecule has 328 valence electrons. The summed E-state index contributed by atoms with van der Waals surface area (Å²) in [4.78, 5) is 70.7. The number of amides is 1. The Balaban J connectivity index is 1.45. The van der Waals surface area contributed by atoms with Gasteiger partial charge >= 0.3 is 12.1 Å². The molecule has 0 saturated carbocycles. The minimum Gasteiger partial charge on any atom is -0.455 e. The lowest BCUT2D eigenvalue weighted by atomic mass is 9.73. The smallest absolute Gasteiger partial charge is 0.410 e. The molecular formula is C42H63FN6O10. The number of ketones is 2. The monoisotopic (exact) mass is 830 g/mol. The van der Waals surface area contributed by atoms with Crippen molar-refractivity contribution in [2.24, 2.45) is 17.8 Å². The largest absolute Gasteiger partial charge is 0.455 e. The number of methoxy groups -OCH3 is 1. The first kappa shape index (κ1) is 46.2. The molecule has 13 atom stereocenters. The van der Waals surface area contributed by atoms with Crippen molar-refractivity contribution in [3.63, 3.8) is 0 Å². The number of rotatable bonds is 12. The van der Waals surface area contributed by atoms with Crippen molar-refractivity contribution in [3.8, 4) is 11.3 Å². The van der Waals surface area contributed by atoms with Crippen molar-refractivity contribution in [1.82, 2.24) is 29.7 Å². The zero-order valence-corrected chi connectivity index (χ0v) is 36.1. The summed E-state index contributed by atoms with van der Waals surface area (Å²) in [6.07, 6.45) is 4.14. The summed E-state index contributed by atoms with van der Waals surface area (Å²) in [5.41, 5.74) is -4.72. The molecule has 0 spiro atoms. The van der Waals surface area contributed by atoms with Crippen LogP contribution in [0.4, 0.5) is 9.18 Å². The Bertz CT molecular complexity index is 1780. The molecule has 3 saturated heterocycles. The molecule has 0 bridgehead atoms. The number of aliphatic hydroxyl groups excluding tert-OH is 1. The summed E-state index contributed by atoms with van der Waals surface area (Å²) in [7, 11) is 1.40. The molecule has 2 N–H and O–H groups in total. The van der Waals surface area contributed by atoms with Crippen LogP contribution < -0.4 is 5.32 Å². The number of carbonyl (C=O) groups is 4. The number of unbranched alkanes of at least 4 members (excludes halogenated alkanes) is 1. The summed E-state index contributed by atoms with van der Waals surface area (Å²) in [5, 5.41) is 14.6. The number of aryl methyl sites for hydroxylation is 1. The molecule has 3 fully saturated rings. The zero-order valence-electron chi connectivity index (χ0n) is 36.1. The topological polar surface area (TPSA) is 194 Å². The lowest BCUT2D eigenvalue weighted by molar-refractivity contribution is -0.290. The molecule has 5 heterocycles. The van der Waals surface area contributed by atoms with Crippen LogP contribution in [0.5, 0.6) is 0 Å². The van der Waals surface area contributed by atoms with Gasteiger partial charge in [-0.2, -0.15) is 0 Å². The SMILES string of the molecule is CCN[C@H]1C[C@@H](C)O[C@@H](O[C@@H]2[C@H](C)C(=O)[C@](C)(F)C(=O)O[C@H](CC)[C@@]3(C)OC(=O)N(CCCCn4cnc(-c5cncnc5)c4)C3[C@@H](C)C(=O)[C@H](C)C[C@@]2(C)OC)[C@H]1O. The number of carbonyl (C=O) groups excluding carboxylic acids is 4. The molecule has 17 heteroatoms. The molecule has 3 aliphatic rings. The molecule has 1 unspecified atom stereocenters. The van der Waals surface area contributed by atoms with Crippen molar-refractivity contribution in [2.45, 2.75) is 161 Å². The van der Waals surface area contributed by atoms with Crippen LogP contribution in [0.3, 0.4) is 0 Å². The van der Waals surface area contributed by atoms with Gasteiger partial charge < -0.3 is 43.6 Å². The number of fused-ring (bicyclic) bond motifs is 1. The van der Waals surface area contributed by atoms with E-state index in [2.05, 4.69) is 20.3 Å². The van der Waals surface area contributed by atoms with E-state index in [1.807, 2.05) is 24.6 Å². The highest BCUT2D eigenvalue weighted by Gasteiger charge is 2.61. The van der Waals surface area contributed by atoms with Crippen molar-refractivity contribution < 1.29 is 52.4 Å². The van der Waals surface area contributed by atoms with Gasteiger partial charge in [0.2, 0.25) is 0 Å². The van der Waals surface area contributed by atoms with Crippen LogP contribution in [0.2, 0.25) is 0 Å². The first-order chi connectivity index (χ1) is 27.8. The van der Waals surface area contributed by atoms with E-state index in [-0.39, 0.29) is 31.3 Å². The summed E-state index contributed by atoms with van der Waals surface area (Å²) >= 11 is 0. The Labute approximate surface area is 346 Å². The maximum atomic E-state index is 16.9. The second-order valence-electron chi connectivity index (χ2n) is 17.1. The number of esters is 1. The highest BCUT2D eigenvalue weighted by atomic mass is 19.1. The number of imidazole rings is 1. The van der Waals surface area contributed by atoms with Crippen LogP contribution in [0.1, 0.15) is 94.4 Å². The molecule has 0 radical (unpaired) electrons. The standard InChI is InChI=1S/C42H63FN6O10/c1-11-31-42(9)34(49(39(54)59-42)16-14-13-15-48-21-30(47-23-48)28-19-44-22-45-20-28)26(5)32(50)24(3)18-40(7,55-10)36(27(6)35(52)41(8,43)38(53)57-31)58-37-33(51)29(46-12-2)17-25(4)56-37/h19-27,29,31,33-34,36-37,46,51H,11-18H2,1-10H3/t24-,25-,26+,27-,29+,31-,33+,34?,36-,37+,40-,41+,42-/m1/s1. The number of aliphatic hydroxyl groups is 1. The summed E-state index contributed by atoms with van der Waals surface area (Å²) in [6.45, 7) is 15.8. The van der Waals surface area contributed by atoms with E-state index < -0.39 is 89.2 Å². The molecule has 5 rings (SSSR count). The maximum absolute atomic E-state index is 16.9. The van der Waals surface area contributed by atoms with Gasteiger partial charge in [0.1, 0.15) is 24.3 Å². The molecule has 2 aromatic rings. The third-order valence-electron chi connectivity index (χ3n) is 12.6. The van der Waals surface area contributed by atoms with Crippen molar-refractivity contribution in [1.29, 1.82) is 0 Å². The second-order valence-corrected chi connectivity index (χ2v) is 17.1. The molecule has 0 aromatic carbocycles. The molecule has 0 aliphatic carbocycles. The van der Waals surface area contributed by atoms with Gasteiger partial charge in [0.25, 0.3) is 5.67 Å². The number of cyclic esters (lactones) is 1. The number of hydrogen-bond acceptors (Lipinski definition) is 14. The first-order valence-electron chi connectivity index (χ1n) is 20.8. The quantitative estimate of drug-likeness (QED) is 0.173. The molecule has 59 heavy (non-hydrogen) atoms. The van der Waals surface area contributed by atoms with Crippen molar-refractivity contribution >= 4 is 23.6 Å². The van der Waals surface area contributed by atoms with Gasteiger partial charge in [0, 0.05) is 68.1 Å². The minimum atomic E-state index is -3.18. The summed E-state index contributed by atoms with van der Waals surface area (Å²) in [6, 6.07) is -1.33. The Hall–Kier alpha value is -3.90. The normalized spacial score (nSPS) is 37.5. The molecule has 2 aromatic heterocycles. The number of hydrogen-bond donors (Lipinski definition) is 2. The second kappa shape index (κ2) is 18.8. The zero-order chi connectivity index (χ0) is 43.4. The molecule has 1 amide bonds. The van der Waals surface area contributed by atoms with E-state index in [1.165, 1.54) is 25.3 Å². The van der Waals surface area contributed by atoms with Gasteiger partial charge in [0.05, 0.1) is 35.9 Å². The van der Waals surface area contributed by atoms with Crippen molar-refractivity contribution in [2.75, 3.05) is 20.2 Å². The van der Waals surface area contributed by atoms with Crippen LogP contribution >= 0.6 is 0 Å². The number of ether oxygens (including phenoxy) is 5. The van der Waals surface area contributed by atoms with Crippen LogP contribution in [-0.4, -0.2) is 133 Å². The number of aromatic nitrogens is 4. The number of likely N-dealkylation sites (N-methyl/N-ethyl adjacent to an activating group) is 1. The number of Topliss-reactive ketones (excluding diaryl/α,β-unsaturated/α-hetero) is 2. The lowest BCUT2D eigenvalue weighted by Gasteiger charge is -2.46. The van der Waals surface area contributed by atoms with E-state index >= 15 is 4.39 Å². The summed E-state index contributed by atoms with van der Waals surface area (Å²) < 4.78 is 49.3. The van der Waals surface area contributed by atoms with Gasteiger partial charge in [-0.05, 0) is 66.3 Å². The van der Waals surface area contributed by atoms with E-state index in [0.717, 1.165) is 18.2 Å². The highest BCUT2D eigenvalue weighted by Crippen LogP contribution is 2.43. The van der Waals surface area contributed by atoms with Crippen molar-refractivity contribution in [3.05, 3.63) is 31.2 Å². The first-order valence-corrected chi connectivity index (χ1v) is 20.8. The molecule has 16 nitrogen and oxygen atoms in total. The van der Waals surface area contributed by atoms with Crippen LogP contribution in [-0.2, 0) is 44.6 Å². The van der Waals surface area contributed by atoms with Gasteiger partial charge in [-0.15, -0.1) is 0 Å². The molecular weight excluding hydrogens is 767 g/mol. The number of alkyl halides is 1. The van der Waals surface area contributed by atoms with E-state index in [1.54, 1.807) is 53.3 Å². The van der Waals surface area contributed by atoms with Crippen LogP contribution in [0, 0.1) is 17.8 Å². The average molecular weight is 831 g/mol. The van der Waals surface area contributed by atoms with Gasteiger partial charge in [0.15, 0.2) is 17.7 Å². The third-order valence-corrected chi connectivity index (χ3v) is 12.6. The van der Waals surface area contributed by atoms with Gasteiger partial charge in [-0.1, -0.05) is 34.6 Å². The summed E-state index contributed by atoms with van der Waals surface area (Å²) in [5.74, 6) is -5.81. The third kappa shape index (κ3) is 9.54. The Morgan fingerprint density at radius 2 is 1.69 bits per heavy atom. The predicted octanol–water partition coefficient (Wildman–Crippen LogP) is 4.46. The van der Waals surface area contributed by atoms with Crippen LogP contribution in [0.25, 0.3) is 11.3 Å². The van der Waals surface area contributed by atoms with E-state index in [0.29, 0.717) is 32.4 Å². The van der Waals surface area contributed by atoms with E-state index in [9.17, 15) is 24.3 Å². The average Bonchev–Trinajstić information content (AvgIpc) is 3.79. The maximum Gasteiger partial charge on any atom is 0.410 e. The molecule has 3 aliphatic heterocycles. The fourth-order valence-electron chi connectivity index (χ4n) is 9.33. The Morgan fingerprint density at radius 3 is 2.34 bits per heavy atom. The Kier molecular flexibility index (Phi) is 14.7. The highest BCUT2D eigenvalue weighted by molar-refractivity contribution is 6.08. The van der Waals surface area contributed by atoms with E-state index in [4.69, 9.17) is 23.7 Å². The minimum absolute atomic E-state index is 0.00510. The Morgan fingerprint density at radius 1 is 1.02 bits per heavy atom. The fraction of sp³-hybridized carbons (Fsp3) is 0.738. The van der Waals surface area contributed by atoms with Gasteiger partial charge in [-0.25, -0.2) is 28.9 Å². The van der Waals surface area contributed by atoms with Crippen LogP contribution in [0.15, 0.2) is 31.2 Å². The van der Waals surface area contributed by atoms with Gasteiger partial charge in [-0.3, -0.25) is 9.59 Å². The number of nitrogens with zero attached hydrogens (tertiary/aromatic N) is 5. The number of nitrogens with one attached hydrogen (secondary N) is 1.